The summed E-state index contributed by atoms with van der Waals surface area (Å²) in [7, 11) is -3.52. The van der Waals surface area contributed by atoms with E-state index in [4.69, 9.17) is 0 Å². The second-order valence-electron chi connectivity index (χ2n) is 8.81. The molecule has 4 aliphatic rings. The van der Waals surface area contributed by atoms with Gasteiger partial charge < -0.3 is 10.2 Å². The summed E-state index contributed by atoms with van der Waals surface area (Å²) in [5, 5.41) is 2.97. The van der Waals surface area contributed by atoms with E-state index in [1.165, 1.54) is 31.4 Å². The first-order valence-electron chi connectivity index (χ1n) is 10.00. The van der Waals surface area contributed by atoms with E-state index < -0.39 is 10.0 Å². The fraction of sp³-hybridized carbons (Fsp3) is 0.650. The molecular weight excluding hydrogens is 362 g/mol. The minimum atomic E-state index is -3.52. The predicted molar refractivity (Wildman–Crippen MR) is 105 cm³/mol. The molecule has 2 aliphatic heterocycles. The van der Waals surface area contributed by atoms with Crippen molar-refractivity contribution in [2.24, 2.45) is 17.8 Å². The van der Waals surface area contributed by atoms with Gasteiger partial charge in [0, 0.05) is 24.3 Å². The summed E-state index contributed by atoms with van der Waals surface area (Å²) in [6.45, 7) is 4.43. The largest absolute Gasteiger partial charge is 0.322 e. The SMILES string of the molecule is CC(C)NS(=O)(=O)c1ccc(NC(=O)N2CC3CC4CC(C3)CC2C4)cc1. The first-order chi connectivity index (χ1) is 12.8. The number of sulfonamides is 1. The highest BCUT2D eigenvalue weighted by Crippen LogP contribution is 2.47. The molecular formula is C20H29N3O3S. The van der Waals surface area contributed by atoms with Gasteiger partial charge in [0.25, 0.3) is 0 Å². The van der Waals surface area contributed by atoms with Crippen molar-refractivity contribution < 1.29 is 13.2 Å². The van der Waals surface area contributed by atoms with Crippen LogP contribution in [-0.2, 0) is 10.0 Å². The van der Waals surface area contributed by atoms with E-state index in [2.05, 4.69) is 10.0 Å². The molecule has 6 nitrogen and oxygen atoms in total. The first-order valence-corrected chi connectivity index (χ1v) is 11.5. The molecule has 4 fully saturated rings. The Kier molecular flexibility index (Phi) is 4.93. The van der Waals surface area contributed by atoms with Crippen molar-refractivity contribution in [3.05, 3.63) is 24.3 Å². The molecule has 0 spiro atoms. The van der Waals surface area contributed by atoms with Gasteiger partial charge >= 0.3 is 6.03 Å². The summed E-state index contributed by atoms with van der Waals surface area (Å²) >= 11 is 0. The number of fused-ring (bicyclic) bond motifs is 1. The van der Waals surface area contributed by atoms with Gasteiger partial charge in [-0.25, -0.2) is 17.9 Å². The Morgan fingerprint density at radius 3 is 2.19 bits per heavy atom. The van der Waals surface area contributed by atoms with E-state index in [1.54, 1.807) is 26.0 Å². The maximum atomic E-state index is 12.9. The standard InChI is InChI=1S/C20H29N3O3S/c1-13(2)22-27(25,26)19-5-3-17(4-6-19)21-20(24)23-12-16-8-14-7-15(9-16)11-18(23)10-14/h3-6,13-16,18,22H,7-12H2,1-2H3,(H,21,24). The zero-order valence-electron chi connectivity index (χ0n) is 16.0. The molecule has 1 aromatic carbocycles. The molecule has 4 bridgehead atoms. The van der Waals surface area contributed by atoms with E-state index in [0.29, 0.717) is 17.6 Å². The summed E-state index contributed by atoms with van der Waals surface area (Å²) < 4.78 is 27.0. The van der Waals surface area contributed by atoms with Crippen LogP contribution in [0.25, 0.3) is 0 Å². The highest BCUT2D eigenvalue weighted by molar-refractivity contribution is 7.89. The van der Waals surface area contributed by atoms with Gasteiger partial charge in [-0.3, -0.25) is 0 Å². The lowest BCUT2D eigenvalue weighted by Crippen LogP contribution is -2.44. The molecule has 2 unspecified atom stereocenters. The second-order valence-corrected chi connectivity index (χ2v) is 10.5. The molecule has 27 heavy (non-hydrogen) atoms. The molecule has 2 N–H and O–H groups in total. The number of benzene rings is 1. The van der Waals surface area contributed by atoms with Crippen LogP contribution in [-0.4, -0.2) is 38.0 Å². The van der Waals surface area contributed by atoms with E-state index >= 15 is 0 Å². The monoisotopic (exact) mass is 391 g/mol. The fourth-order valence-corrected chi connectivity index (χ4v) is 6.58. The van der Waals surface area contributed by atoms with Crippen molar-refractivity contribution in [3.63, 3.8) is 0 Å². The van der Waals surface area contributed by atoms with E-state index in [0.717, 1.165) is 31.2 Å². The average molecular weight is 392 g/mol. The number of carbonyl (C=O) groups is 1. The topological polar surface area (TPSA) is 78.5 Å². The van der Waals surface area contributed by atoms with Gasteiger partial charge in [-0.05, 0) is 88.0 Å². The van der Waals surface area contributed by atoms with Gasteiger partial charge in [0.05, 0.1) is 4.90 Å². The second kappa shape index (κ2) is 7.09. The Morgan fingerprint density at radius 1 is 1.00 bits per heavy atom. The molecule has 2 aliphatic carbocycles. The number of hydrogen-bond acceptors (Lipinski definition) is 3. The predicted octanol–water partition coefficient (Wildman–Crippen LogP) is 3.42. The molecule has 5 rings (SSSR count). The molecule has 2 saturated heterocycles. The van der Waals surface area contributed by atoms with Gasteiger partial charge in [0.15, 0.2) is 0 Å². The summed E-state index contributed by atoms with van der Waals surface area (Å²) in [5.41, 5.74) is 0.632. The van der Waals surface area contributed by atoms with Crippen LogP contribution in [0.1, 0.15) is 46.0 Å². The van der Waals surface area contributed by atoms with Gasteiger partial charge in [-0.2, -0.15) is 0 Å². The lowest BCUT2D eigenvalue weighted by Gasteiger charge is -2.38. The number of nitrogens with one attached hydrogen (secondary N) is 2. The van der Waals surface area contributed by atoms with Gasteiger partial charge in [-0.1, -0.05) is 0 Å². The molecule has 2 saturated carbocycles. The van der Waals surface area contributed by atoms with Crippen LogP contribution in [0.15, 0.2) is 29.2 Å². The highest BCUT2D eigenvalue weighted by Gasteiger charge is 2.44. The third kappa shape index (κ3) is 3.99. The number of anilines is 1. The first kappa shape index (κ1) is 18.7. The lowest BCUT2D eigenvalue weighted by molar-refractivity contribution is 0.136. The third-order valence-electron chi connectivity index (χ3n) is 6.17. The quantitative estimate of drug-likeness (QED) is 0.825. The zero-order chi connectivity index (χ0) is 19.2. The van der Waals surface area contributed by atoms with Gasteiger partial charge in [0.1, 0.15) is 0 Å². The molecule has 1 aromatic rings. The summed E-state index contributed by atoms with van der Waals surface area (Å²) in [5.74, 6) is 2.23. The minimum Gasteiger partial charge on any atom is -0.321 e. The Balaban J connectivity index is 1.44. The van der Waals surface area contributed by atoms with E-state index in [1.807, 2.05) is 4.90 Å². The van der Waals surface area contributed by atoms with Crippen molar-refractivity contribution in [2.75, 3.05) is 11.9 Å². The minimum absolute atomic E-state index is 0.0517. The Labute approximate surface area is 161 Å². The maximum absolute atomic E-state index is 12.9. The molecule has 0 radical (unpaired) electrons. The fourth-order valence-electron chi connectivity index (χ4n) is 5.32. The van der Waals surface area contributed by atoms with Crippen LogP contribution in [0, 0.1) is 17.8 Å². The number of carbonyl (C=O) groups excluding carboxylic acids is 1. The van der Waals surface area contributed by atoms with Crippen molar-refractivity contribution >= 4 is 21.7 Å². The average Bonchev–Trinajstić information content (AvgIpc) is 2.78. The summed E-state index contributed by atoms with van der Waals surface area (Å²) in [4.78, 5) is 15.1. The molecule has 2 atom stereocenters. The van der Waals surface area contributed by atoms with Crippen molar-refractivity contribution in [1.29, 1.82) is 0 Å². The number of rotatable bonds is 4. The van der Waals surface area contributed by atoms with Crippen molar-refractivity contribution in [2.45, 2.75) is 62.9 Å². The zero-order valence-corrected chi connectivity index (χ0v) is 16.8. The van der Waals surface area contributed by atoms with E-state index in [9.17, 15) is 13.2 Å². The van der Waals surface area contributed by atoms with Crippen LogP contribution < -0.4 is 10.0 Å². The Morgan fingerprint density at radius 2 is 1.59 bits per heavy atom. The maximum Gasteiger partial charge on any atom is 0.322 e. The molecule has 2 heterocycles. The number of amides is 2. The number of hydrogen-bond donors (Lipinski definition) is 2. The van der Waals surface area contributed by atoms with Crippen LogP contribution >= 0.6 is 0 Å². The van der Waals surface area contributed by atoms with Crippen molar-refractivity contribution in [3.8, 4) is 0 Å². The van der Waals surface area contributed by atoms with E-state index in [-0.39, 0.29) is 17.0 Å². The summed E-state index contributed by atoms with van der Waals surface area (Å²) in [6.07, 6.45) is 6.16. The van der Waals surface area contributed by atoms with Gasteiger partial charge in [-0.15, -0.1) is 0 Å². The lowest BCUT2D eigenvalue weighted by atomic mass is 9.68. The molecule has 2 amide bonds. The van der Waals surface area contributed by atoms with Gasteiger partial charge in [0.2, 0.25) is 10.0 Å². The Hall–Kier alpha value is -1.60. The highest BCUT2D eigenvalue weighted by atomic mass is 32.2. The normalized spacial score (nSPS) is 29.8. The van der Waals surface area contributed by atoms with Crippen molar-refractivity contribution in [1.82, 2.24) is 9.62 Å². The van der Waals surface area contributed by atoms with Crippen LogP contribution in [0.5, 0.6) is 0 Å². The molecule has 0 aromatic heterocycles. The molecule has 7 heteroatoms. The number of nitrogens with zero attached hydrogens (tertiary/aromatic N) is 1. The van der Waals surface area contributed by atoms with Crippen LogP contribution in [0.4, 0.5) is 10.5 Å². The molecule has 148 valence electrons. The summed E-state index contributed by atoms with van der Waals surface area (Å²) in [6, 6.07) is 6.54. The van der Waals surface area contributed by atoms with Crippen LogP contribution in [0.2, 0.25) is 0 Å². The number of urea groups is 1. The Bertz CT molecular complexity index is 792. The third-order valence-corrected chi connectivity index (χ3v) is 7.85. The smallest absolute Gasteiger partial charge is 0.321 e. The van der Waals surface area contributed by atoms with Crippen LogP contribution in [0.3, 0.4) is 0 Å².